The maximum absolute atomic E-state index is 12.3. The molecule has 0 heterocycles. The molecule has 0 radical (unpaired) electrons. The van der Waals surface area contributed by atoms with Crippen molar-refractivity contribution in [2.75, 3.05) is 0 Å². The molecule has 0 amide bonds. The predicted octanol–water partition coefficient (Wildman–Crippen LogP) is 2.97. The van der Waals surface area contributed by atoms with E-state index in [0.717, 1.165) is 18.4 Å². The number of hydrogen-bond donors (Lipinski definition) is 1. The summed E-state index contributed by atoms with van der Waals surface area (Å²) in [5, 5.41) is 0. The van der Waals surface area contributed by atoms with Crippen LogP contribution in [0.3, 0.4) is 0 Å². The molecule has 0 saturated heterocycles. The third-order valence-electron chi connectivity index (χ3n) is 3.31. The van der Waals surface area contributed by atoms with E-state index in [2.05, 4.69) is 19.9 Å². The van der Waals surface area contributed by atoms with Crippen molar-refractivity contribution in [3.05, 3.63) is 47.5 Å². The van der Waals surface area contributed by atoms with Crippen molar-refractivity contribution in [3.8, 4) is 0 Å². The highest BCUT2D eigenvalue weighted by atomic mass is 16.1. The van der Waals surface area contributed by atoms with Gasteiger partial charge >= 0.3 is 0 Å². The van der Waals surface area contributed by atoms with Crippen LogP contribution in [0.5, 0.6) is 0 Å². The zero-order valence-corrected chi connectivity index (χ0v) is 11.1. The van der Waals surface area contributed by atoms with Crippen LogP contribution in [0, 0.1) is 11.8 Å². The first-order valence-electron chi connectivity index (χ1n) is 6.63. The molecule has 2 N–H and O–H groups in total. The highest BCUT2D eigenvalue weighted by Gasteiger charge is 2.23. The van der Waals surface area contributed by atoms with Crippen LogP contribution in [-0.2, 0) is 6.42 Å². The summed E-state index contributed by atoms with van der Waals surface area (Å²) in [6.07, 6.45) is 5.64. The summed E-state index contributed by atoms with van der Waals surface area (Å²) >= 11 is 0. The van der Waals surface area contributed by atoms with E-state index >= 15 is 0 Å². The maximum atomic E-state index is 12.3. The first-order valence-corrected chi connectivity index (χ1v) is 6.63. The number of carbonyl (C=O) groups excluding carboxylic acids is 1. The van der Waals surface area contributed by atoms with Gasteiger partial charge in [0.2, 0.25) is 0 Å². The topological polar surface area (TPSA) is 43.1 Å². The molecule has 2 unspecified atom stereocenters. The zero-order valence-electron chi connectivity index (χ0n) is 11.1. The lowest BCUT2D eigenvalue weighted by Gasteiger charge is -2.10. The number of hydrogen-bond acceptors (Lipinski definition) is 2. The second kappa shape index (κ2) is 5.49. The lowest BCUT2D eigenvalue weighted by molar-refractivity contribution is 0.0943. The molecule has 0 aromatic heterocycles. The van der Waals surface area contributed by atoms with Crippen molar-refractivity contribution < 1.29 is 4.79 Å². The van der Waals surface area contributed by atoms with Crippen LogP contribution in [0.15, 0.2) is 36.4 Å². The van der Waals surface area contributed by atoms with Gasteiger partial charge in [-0.05, 0) is 30.4 Å². The van der Waals surface area contributed by atoms with Gasteiger partial charge in [-0.25, -0.2) is 0 Å². The fourth-order valence-corrected chi connectivity index (χ4v) is 2.46. The Kier molecular flexibility index (Phi) is 3.97. The van der Waals surface area contributed by atoms with Crippen LogP contribution in [0.4, 0.5) is 0 Å². The molecule has 2 heteroatoms. The van der Waals surface area contributed by atoms with Gasteiger partial charge in [-0.3, -0.25) is 4.79 Å². The number of rotatable bonds is 4. The molecule has 2 nitrogen and oxygen atoms in total. The lowest BCUT2D eigenvalue weighted by Crippen LogP contribution is -2.19. The van der Waals surface area contributed by atoms with Gasteiger partial charge in [0, 0.05) is 17.5 Å². The Hall–Kier alpha value is -1.41. The van der Waals surface area contributed by atoms with Crippen LogP contribution >= 0.6 is 0 Å². The van der Waals surface area contributed by atoms with Gasteiger partial charge in [0.05, 0.1) is 0 Å². The van der Waals surface area contributed by atoms with Gasteiger partial charge < -0.3 is 5.73 Å². The van der Waals surface area contributed by atoms with Gasteiger partial charge in [0.1, 0.15) is 0 Å². The number of ketones is 1. The molecule has 1 aliphatic rings. The Morgan fingerprint density at radius 1 is 1.39 bits per heavy atom. The van der Waals surface area contributed by atoms with Gasteiger partial charge in [-0.1, -0.05) is 44.2 Å². The largest absolute Gasteiger partial charge is 0.324 e. The molecule has 2 rings (SSSR count). The van der Waals surface area contributed by atoms with Gasteiger partial charge in [0.25, 0.3) is 0 Å². The van der Waals surface area contributed by atoms with Gasteiger partial charge in [-0.2, -0.15) is 0 Å². The van der Waals surface area contributed by atoms with E-state index < -0.39 is 0 Å². The van der Waals surface area contributed by atoms with Gasteiger partial charge in [-0.15, -0.1) is 0 Å². The van der Waals surface area contributed by atoms with Crippen LogP contribution < -0.4 is 5.73 Å². The third-order valence-corrected chi connectivity index (χ3v) is 3.31. The van der Waals surface area contributed by atoms with E-state index in [9.17, 15) is 4.79 Å². The van der Waals surface area contributed by atoms with Crippen molar-refractivity contribution in [2.24, 2.45) is 17.6 Å². The average Bonchev–Trinajstić information content (AvgIpc) is 2.74. The number of benzene rings is 1. The average molecular weight is 243 g/mol. The molecule has 0 aliphatic heterocycles. The molecule has 2 atom stereocenters. The molecule has 1 aromatic rings. The Morgan fingerprint density at radius 3 is 2.78 bits per heavy atom. The SMILES string of the molecule is CC(C)Cc1cccc(C(=O)C2C=CC(N)C2)c1. The molecular formula is C16H21NO. The second-order valence-corrected chi connectivity index (χ2v) is 5.55. The smallest absolute Gasteiger partial charge is 0.169 e. The van der Waals surface area contributed by atoms with E-state index in [0.29, 0.717) is 5.92 Å². The molecule has 0 spiro atoms. The summed E-state index contributed by atoms with van der Waals surface area (Å²) in [5.74, 6) is 0.772. The van der Waals surface area contributed by atoms with Crippen LogP contribution in [0.2, 0.25) is 0 Å². The Morgan fingerprint density at radius 2 is 2.17 bits per heavy atom. The van der Waals surface area contributed by atoms with Crippen molar-refractivity contribution in [1.29, 1.82) is 0 Å². The summed E-state index contributed by atoms with van der Waals surface area (Å²) in [6.45, 7) is 4.38. The molecular weight excluding hydrogens is 222 g/mol. The fourth-order valence-electron chi connectivity index (χ4n) is 2.46. The Bertz CT molecular complexity index is 462. The molecule has 1 aliphatic carbocycles. The fraction of sp³-hybridized carbons (Fsp3) is 0.438. The standard InChI is InChI=1S/C16H21NO/c1-11(2)8-12-4-3-5-13(9-12)16(18)14-6-7-15(17)10-14/h3-7,9,11,14-15H,8,10,17H2,1-2H3. The minimum Gasteiger partial charge on any atom is -0.324 e. The minimum atomic E-state index is -0.0331. The quantitative estimate of drug-likeness (QED) is 0.652. The first-order chi connectivity index (χ1) is 8.56. The van der Waals surface area contributed by atoms with E-state index in [1.807, 2.05) is 30.4 Å². The van der Waals surface area contributed by atoms with E-state index in [1.54, 1.807) is 0 Å². The second-order valence-electron chi connectivity index (χ2n) is 5.55. The monoisotopic (exact) mass is 243 g/mol. The summed E-state index contributed by atoms with van der Waals surface area (Å²) < 4.78 is 0. The number of carbonyl (C=O) groups is 1. The predicted molar refractivity (Wildman–Crippen MR) is 74.5 cm³/mol. The third kappa shape index (κ3) is 3.08. The van der Waals surface area contributed by atoms with Crippen LogP contribution in [0.1, 0.15) is 36.2 Å². The lowest BCUT2D eigenvalue weighted by atomic mass is 9.93. The highest BCUT2D eigenvalue weighted by molar-refractivity contribution is 5.99. The van der Waals surface area contributed by atoms with E-state index in [1.165, 1.54) is 5.56 Å². The Labute approximate surface area is 109 Å². The number of allylic oxidation sites excluding steroid dienone is 1. The Balaban J connectivity index is 2.13. The molecule has 1 aromatic carbocycles. The van der Waals surface area contributed by atoms with Crippen LogP contribution in [0.25, 0.3) is 0 Å². The van der Waals surface area contributed by atoms with E-state index in [4.69, 9.17) is 5.73 Å². The van der Waals surface area contributed by atoms with Crippen molar-refractivity contribution in [2.45, 2.75) is 32.7 Å². The normalized spacial score (nSPS) is 22.7. The van der Waals surface area contributed by atoms with Crippen molar-refractivity contribution in [1.82, 2.24) is 0 Å². The van der Waals surface area contributed by atoms with Gasteiger partial charge in [0.15, 0.2) is 5.78 Å². The highest BCUT2D eigenvalue weighted by Crippen LogP contribution is 2.22. The van der Waals surface area contributed by atoms with Crippen molar-refractivity contribution in [3.63, 3.8) is 0 Å². The number of nitrogens with two attached hydrogens (primary N) is 1. The molecule has 96 valence electrons. The molecule has 0 fully saturated rings. The molecule has 0 saturated carbocycles. The maximum Gasteiger partial charge on any atom is 0.169 e. The summed E-state index contributed by atoms with van der Waals surface area (Å²) in [7, 11) is 0. The number of Topliss-reactive ketones (excluding diaryl/α,β-unsaturated/α-hetero) is 1. The minimum absolute atomic E-state index is 0.0331. The first kappa shape index (κ1) is 13.0. The van der Waals surface area contributed by atoms with Crippen LogP contribution in [-0.4, -0.2) is 11.8 Å². The van der Waals surface area contributed by atoms with Crippen molar-refractivity contribution >= 4 is 5.78 Å². The molecule has 18 heavy (non-hydrogen) atoms. The van der Waals surface area contributed by atoms with E-state index in [-0.39, 0.29) is 17.7 Å². The summed E-state index contributed by atoms with van der Waals surface area (Å²) in [4.78, 5) is 12.3. The zero-order chi connectivity index (χ0) is 13.1. The summed E-state index contributed by atoms with van der Waals surface area (Å²) in [6, 6.07) is 8.04. The molecule has 0 bridgehead atoms. The summed E-state index contributed by atoms with van der Waals surface area (Å²) in [5.41, 5.74) is 7.85.